The molecule has 0 atom stereocenters. The fraction of sp³-hybridized carbons (Fsp3) is 0.214. The second-order valence-corrected chi connectivity index (χ2v) is 3.99. The number of nitrogens with two attached hydrogens (primary N) is 1. The Labute approximate surface area is 106 Å². The molecule has 0 amide bonds. The summed E-state index contributed by atoms with van der Waals surface area (Å²) in [4.78, 5) is 4.16. The van der Waals surface area contributed by atoms with E-state index in [1.165, 1.54) is 0 Å². The van der Waals surface area contributed by atoms with Crippen molar-refractivity contribution >= 4 is 5.82 Å². The van der Waals surface area contributed by atoms with Gasteiger partial charge in [-0.2, -0.15) is 0 Å². The van der Waals surface area contributed by atoms with E-state index in [0.717, 1.165) is 28.2 Å². The summed E-state index contributed by atoms with van der Waals surface area (Å²) in [5, 5.41) is 0. The van der Waals surface area contributed by atoms with Crippen molar-refractivity contribution in [2.75, 3.05) is 20.0 Å². The van der Waals surface area contributed by atoms with E-state index in [2.05, 4.69) is 4.98 Å². The van der Waals surface area contributed by atoms with Gasteiger partial charge in [0.25, 0.3) is 0 Å². The molecule has 0 aliphatic heterocycles. The number of aryl methyl sites for hydroxylation is 1. The van der Waals surface area contributed by atoms with Gasteiger partial charge >= 0.3 is 0 Å². The van der Waals surface area contributed by atoms with E-state index in [1.54, 1.807) is 20.4 Å². The van der Waals surface area contributed by atoms with Gasteiger partial charge in [-0.1, -0.05) is 0 Å². The second kappa shape index (κ2) is 4.96. The van der Waals surface area contributed by atoms with Crippen LogP contribution in [0.5, 0.6) is 11.5 Å². The highest BCUT2D eigenvalue weighted by Crippen LogP contribution is 2.33. The molecule has 2 rings (SSSR count). The molecule has 0 aliphatic carbocycles. The number of benzene rings is 1. The quantitative estimate of drug-likeness (QED) is 0.901. The summed E-state index contributed by atoms with van der Waals surface area (Å²) in [6.45, 7) is 1.93. The standard InChI is InChI=1S/C14H16N2O2/c1-9-6-10(8-16-14(9)15)12-5-4-11(17-2)7-13(12)18-3/h4-8H,1-3H3,(H2,15,16). The number of methoxy groups -OCH3 is 2. The molecule has 4 nitrogen and oxygen atoms in total. The van der Waals surface area contributed by atoms with Crippen molar-refractivity contribution < 1.29 is 9.47 Å². The number of hydrogen-bond acceptors (Lipinski definition) is 4. The molecule has 0 aliphatic rings. The number of ether oxygens (including phenoxy) is 2. The minimum Gasteiger partial charge on any atom is -0.497 e. The molecule has 2 aromatic rings. The van der Waals surface area contributed by atoms with Crippen molar-refractivity contribution in [3.05, 3.63) is 36.0 Å². The van der Waals surface area contributed by atoms with Crippen molar-refractivity contribution in [2.24, 2.45) is 0 Å². The summed E-state index contributed by atoms with van der Waals surface area (Å²) in [7, 11) is 3.26. The highest BCUT2D eigenvalue weighted by atomic mass is 16.5. The summed E-state index contributed by atoms with van der Waals surface area (Å²) in [5.41, 5.74) is 8.61. The molecule has 18 heavy (non-hydrogen) atoms. The number of aromatic nitrogens is 1. The van der Waals surface area contributed by atoms with Gasteiger partial charge in [0.2, 0.25) is 0 Å². The first-order valence-corrected chi connectivity index (χ1v) is 5.60. The van der Waals surface area contributed by atoms with Crippen LogP contribution in [-0.4, -0.2) is 19.2 Å². The third-order valence-electron chi connectivity index (χ3n) is 2.84. The van der Waals surface area contributed by atoms with Gasteiger partial charge in [-0.3, -0.25) is 0 Å². The number of rotatable bonds is 3. The van der Waals surface area contributed by atoms with Crippen LogP contribution in [0.2, 0.25) is 0 Å². The highest BCUT2D eigenvalue weighted by molar-refractivity contribution is 5.72. The van der Waals surface area contributed by atoms with Gasteiger partial charge in [0, 0.05) is 23.4 Å². The molecule has 0 spiro atoms. The van der Waals surface area contributed by atoms with E-state index in [1.807, 2.05) is 31.2 Å². The first-order valence-electron chi connectivity index (χ1n) is 5.60. The van der Waals surface area contributed by atoms with E-state index in [9.17, 15) is 0 Å². The Balaban J connectivity index is 2.52. The average molecular weight is 244 g/mol. The van der Waals surface area contributed by atoms with Gasteiger partial charge < -0.3 is 15.2 Å². The Morgan fingerprint density at radius 2 is 1.89 bits per heavy atom. The van der Waals surface area contributed by atoms with Gasteiger partial charge in [0.1, 0.15) is 17.3 Å². The molecule has 1 aromatic heterocycles. The van der Waals surface area contributed by atoms with Crippen LogP contribution in [-0.2, 0) is 0 Å². The Kier molecular flexibility index (Phi) is 3.37. The van der Waals surface area contributed by atoms with Crippen LogP contribution in [0, 0.1) is 6.92 Å². The summed E-state index contributed by atoms with van der Waals surface area (Å²) < 4.78 is 10.5. The lowest BCUT2D eigenvalue weighted by Gasteiger charge is -2.11. The fourth-order valence-electron chi connectivity index (χ4n) is 1.77. The van der Waals surface area contributed by atoms with Crippen LogP contribution in [0.15, 0.2) is 30.5 Å². The minimum absolute atomic E-state index is 0.547. The number of nitrogen functional groups attached to an aromatic ring is 1. The SMILES string of the molecule is COc1ccc(-c2cnc(N)c(C)c2)c(OC)c1. The lowest BCUT2D eigenvalue weighted by atomic mass is 10.0. The van der Waals surface area contributed by atoms with E-state index in [0.29, 0.717) is 5.82 Å². The van der Waals surface area contributed by atoms with Gasteiger partial charge in [0.05, 0.1) is 14.2 Å². The lowest BCUT2D eigenvalue weighted by Crippen LogP contribution is -1.95. The zero-order valence-corrected chi connectivity index (χ0v) is 10.7. The van der Waals surface area contributed by atoms with Gasteiger partial charge in [-0.15, -0.1) is 0 Å². The van der Waals surface area contributed by atoms with E-state index >= 15 is 0 Å². The van der Waals surface area contributed by atoms with Crippen LogP contribution in [0.25, 0.3) is 11.1 Å². The van der Waals surface area contributed by atoms with E-state index in [-0.39, 0.29) is 0 Å². The summed E-state index contributed by atoms with van der Waals surface area (Å²) in [6.07, 6.45) is 1.74. The normalized spacial score (nSPS) is 10.2. The molecule has 1 heterocycles. The molecule has 0 saturated heterocycles. The maximum absolute atomic E-state index is 5.72. The maximum atomic E-state index is 5.72. The maximum Gasteiger partial charge on any atom is 0.130 e. The largest absolute Gasteiger partial charge is 0.497 e. The molecular formula is C14H16N2O2. The van der Waals surface area contributed by atoms with Gasteiger partial charge in [-0.25, -0.2) is 4.98 Å². The molecule has 0 saturated carbocycles. The van der Waals surface area contributed by atoms with Crippen LogP contribution in [0.3, 0.4) is 0 Å². The predicted molar refractivity (Wildman–Crippen MR) is 71.9 cm³/mol. The Morgan fingerprint density at radius 1 is 1.11 bits per heavy atom. The molecule has 1 aromatic carbocycles. The van der Waals surface area contributed by atoms with Gasteiger partial charge in [-0.05, 0) is 30.7 Å². The summed E-state index contributed by atoms with van der Waals surface area (Å²) in [5.74, 6) is 2.06. The predicted octanol–water partition coefficient (Wildman–Crippen LogP) is 2.66. The molecule has 4 heteroatoms. The van der Waals surface area contributed by atoms with Crippen molar-refractivity contribution in [2.45, 2.75) is 6.92 Å². The number of nitrogens with zero attached hydrogens (tertiary/aromatic N) is 1. The highest BCUT2D eigenvalue weighted by Gasteiger charge is 2.08. The average Bonchev–Trinajstić information content (AvgIpc) is 2.41. The second-order valence-electron chi connectivity index (χ2n) is 3.99. The topological polar surface area (TPSA) is 57.4 Å². The van der Waals surface area contributed by atoms with Crippen molar-refractivity contribution in [3.8, 4) is 22.6 Å². The van der Waals surface area contributed by atoms with Crippen molar-refractivity contribution in [3.63, 3.8) is 0 Å². The van der Waals surface area contributed by atoms with Crippen molar-refractivity contribution in [1.29, 1.82) is 0 Å². The number of anilines is 1. The third kappa shape index (κ3) is 2.22. The third-order valence-corrected chi connectivity index (χ3v) is 2.84. The molecule has 0 radical (unpaired) electrons. The van der Waals surface area contributed by atoms with Crippen LogP contribution >= 0.6 is 0 Å². The Bertz CT molecular complexity index is 568. The zero-order chi connectivity index (χ0) is 13.1. The summed E-state index contributed by atoms with van der Waals surface area (Å²) in [6, 6.07) is 7.68. The Hall–Kier alpha value is -2.23. The molecule has 94 valence electrons. The molecule has 0 unspecified atom stereocenters. The fourth-order valence-corrected chi connectivity index (χ4v) is 1.77. The molecule has 0 fully saturated rings. The number of hydrogen-bond donors (Lipinski definition) is 1. The Morgan fingerprint density at radius 3 is 2.50 bits per heavy atom. The molecule has 2 N–H and O–H groups in total. The van der Waals surface area contributed by atoms with E-state index < -0.39 is 0 Å². The molecule has 0 bridgehead atoms. The number of pyridine rings is 1. The lowest BCUT2D eigenvalue weighted by molar-refractivity contribution is 0.395. The first kappa shape index (κ1) is 12.2. The van der Waals surface area contributed by atoms with Crippen LogP contribution in [0.4, 0.5) is 5.82 Å². The molecular weight excluding hydrogens is 228 g/mol. The summed E-state index contributed by atoms with van der Waals surface area (Å²) >= 11 is 0. The monoisotopic (exact) mass is 244 g/mol. The minimum atomic E-state index is 0.547. The zero-order valence-electron chi connectivity index (χ0n) is 10.7. The first-order chi connectivity index (χ1) is 8.65. The van der Waals surface area contributed by atoms with Crippen LogP contribution in [0.1, 0.15) is 5.56 Å². The van der Waals surface area contributed by atoms with Crippen molar-refractivity contribution in [1.82, 2.24) is 4.98 Å². The van der Waals surface area contributed by atoms with Gasteiger partial charge in [0.15, 0.2) is 0 Å². The van der Waals surface area contributed by atoms with E-state index in [4.69, 9.17) is 15.2 Å². The smallest absolute Gasteiger partial charge is 0.130 e. The van der Waals surface area contributed by atoms with Crippen LogP contribution < -0.4 is 15.2 Å².